The Morgan fingerprint density at radius 1 is 1.88 bits per heavy atom. The molecule has 0 radical (unpaired) electrons. The van der Waals surface area contributed by atoms with Crippen LogP contribution in [-0.2, 0) is 0 Å². The summed E-state index contributed by atoms with van der Waals surface area (Å²) in [6, 6.07) is 0. The van der Waals surface area contributed by atoms with Crippen LogP contribution in [0.2, 0.25) is 0 Å². The molecule has 0 aliphatic rings. The van der Waals surface area contributed by atoms with Crippen molar-refractivity contribution in [3.05, 3.63) is 12.0 Å². The molecule has 0 amide bonds. The van der Waals surface area contributed by atoms with Crippen LogP contribution in [-0.4, -0.2) is 10.2 Å². The molecule has 0 aromatic carbocycles. The van der Waals surface area contributed by atoms with E-state index in [1.165, 1.54) is 6.20 Å². The van der Waals surface area contributed by atoms with Crippen LogP contribution in [0.5, 0.6) is 6.08 Å². The molecule has 1 N–H and O–H groups in total. The number of hydrogen-bond donors (Lipinski definition) is 1. The zero-order valence-corrected chi connectivity index (χ0v) is 4.29. The van der Waals surface area contributed by atoms with Gasteiger partial charge in [-0.3, -0.25) is 4.89 Å². The van der Waals surface area contributed by atoms with Gasteiger partial charge in [-0.2, -0.15) is 10.2 Å². The van der Waals surface area contributed by atoms with Gasteiger partial charge in [0, 0.05) is 0 Å². The second kappa shape index (κ2) is 1.83. The van der Waals surface area contributed by atoms with Crippen LogP contribution in [0.25, 0.3) is 0 Å². The lowest BCUT2D eigenvalue weighted by atomic mass is 10.6. The standard InChI is InChI=1S/C4H5NO3/c1-3-2-5-4(7-3)8-6/h2,6H,1H3. The van der Waals surface area contributed by atoms with Gasteiger partial charge in [-0.25, -0.2) is 0 Å². The van der Waals surface area contributed by atoms with Gasteiger partial charge < -0.3 is 4.42 Å². The summed E-state index contributed by atoms with van der Waals surface area (Å²) in [4.78, 5) is 7.15. The van der Waals surface area contributed by atoms with E-state index in [1.54, 1.807) is 6.92 Å². The number of aryl methyl sites for hydroxylation is 1. The van der Waals surface area contributed by atoms with Crippen LogP contribution in [0.1, 0.15) is 5.76 Å². The summed E-state index contributed by atoms with van der Waals surface area (Å²) in [5.74, 6) is 0.606. The van der Waals surface area contributed by atoms with Crippen molar-refractivity contribution >= 4 is 0 Å². The Hall–Kier alpha value is -1.03. The molecule has 0 unspecified atom stereocenters. The molecule has 1 rings (SSSR count). The first-order chi connectivity index (χ1) is 3.83. The van der Waals surface area contributed by atoms with Crippen LogP contribution in [0.4, 0.5) is 0 Å². The van der Waals surface area contributed by atoms with Crippen LogP contribution in [0.3, 0.4) is 0 Å². The lowest BCUT2D eigenvalue weighted by Crippen LogP contribution is -1.80. The second-order valence-electron chi connectivity index (χ2n) is 1.33. The maximum atomic E-state index is 7.89. The number of oxazole rings is 1. The molecule has 0 aliphatic carbocycles. The molecule has 0 spiro atoms. The predicted octanol–water partition coefficient (Wildman–Crippen LogP) is 0.835. The molecule has 4 heteroatoms. The lowest BCUT2D eigenvalue weighted by Gasteiger charge is -1.81. The fourth-order valence-electron chi connectivity index (χ4n) is 0.376. The Bertz CT molecular complexity index is 172. The van der Waals surface area contributed by atoms with E-state index >= 15 is 0 Å². The highest BCUT2D eigenvalue weighted by Gasteiger charge is 1.96. The molecule has 1 heterocycles. The van der Waals surface area contributed by atoms with Crippen molar-refractivity contribution in [3.63, 3.8) is 0 Å². The Kier molecular flexibility index (Phi) is 1.17. The van der Waals surface area contributed by atoms with Gasteiger partial charge in [-0.15, -0.1) is 0 Å². The van der Waals surface area contributed by atoms with E-state index in [2.05, 4.69) is 14.3 Å². The molecule has 8 heavy (non-hydrogen) atoms. The Morgan fingerprint density at radius 3 is 2.88 bits per heavy atom. The predicted molar refractivity (Wildman–Crippen MR) is 24.5 cm³/mol. The van der Waals surface area contributed by atoms with Crippen LogP contribution >= 0.6 is 0 Å². The van der Waals surface area contributed by atoms with Crippen molar-refractivity contribution in [1.29, 1.82) is 0 Å². The summed E-state index contributed by atoms with van der Waals surface area (Å²) in [7, 11) is 0. The summed E-state index contributed by atoms with van der Waals surface area (Å²) in [5.41, 5.74) is 0. The first-order valence-corrected chi connectivity index (χ1v) is 2.07. The quantitative estimate of drug-likeness (QED) is 0.435. The molecule has 0 saturated heterocycles. The number of hydrogen-bond acceptors (Lipinski definition) is 4. The van der Waals surface area contributed by atoms with E-state index in [-0.39, 0.29) is 6.08 Å². The molecule has 0 fully saturated rings. The van der Waals surface area contributed by atoms with Gasteiger partial charge in [0.25, 0.3) is 0 Å². The van der Waals surface area contributed by atoms with E-state index in [0.717, 1.165) is 0 Å². The van der Waals surface area contributed by atoms with Crippen LogP contribution in [0, 0.1) is 6.92 Å². The maximum Gasteiger partial charge on any atom is 0.426 e. The largest absolute Gasteiger partial charge is 0.426 e. The molecular weight excluding hydrogens is 110 g/mol. The highest BCUT2D eigenvalue weighted by Crippen LogP contribution is 2.07. The summed E-state index contributed by atoms with van der Waals surface area (Å²) in [6.07, 6.45) is 1.33. The first kappa shape index (κ1) is 5.11. The summed E-state index contributed by atoms with van der Waals surface area (Å²) in [5, 5.41) is 7.89. The van der Waals surface area contributed by atoms with Crippen molar-refractivity contribution in [2.24, 2.45) is 0 Å². The third-order valence-electron chi connectivity index (χ3n) is 0.678. The van der Waals surface area contributed by atoms with Gasteiger partial charge in [0.1, 0.15) is 5.76 Å². The third-order valence-corrected chi connectivity index (χ3v) is 0.678. The van der Waals surface area contributed by atoms with Gasteiger partial charge >= 0.3 is 6.08 Å². The molecule has 1 aromatic rings. The van der Waals surface area contributed by atoms with E-state index in [0.29, 0.717) is 5.76 Å². The molecular formula is C4H5NO3. The monoisotopic (exact) mass is 115 g/mol. The minimum Gasteiger partial charge on any atom is -0.413 e. The first-order valence-electron chi connectivity index (χ1n) is 2.07. The summed E-state index contributed by atoms with van der Waals surface area (Å²) < 4.78 is 4.65. The van der Waals surface area contributed by atoms with Crippen LogP contribution < -0.4 is 4.89 Å². The summed E-state index contributed by atoms with van der Waals surface area (Å²) >= 11 is 0. The van der Waals surface area contributed by atoms with E-state index < -0.39 is 0 Å². The highest BCUT2D eigenvalue weighted by molar-refractivity contribution is 4.92. The van der Waals surface area contributed by atoms with Crippen molar-refractivity contribution in [3.8, 4) is 6.08 Å². The molecule has 1 aromatic heterocycles. The number of aromatic nitrogens is 1. The zero-order chi connectivity index (χ0) is 5.98. The summed E-state index contributed by atoms with van der Waals surface area (Å²) in [6.45, 7) is 1.70. The second-order valence-corrected chi connectivity index (χ2v) is 1.33. The molecule has 0 aliphatic heterocycles. The van der Waals surface area contributed by atoms with E-state index in [9.17, 15) is 0 Å². The van der Waals surface area contributed by atoms with Gasteiger partial charge in [0.2, 0.25) is 0 Å². The lowest BCUT2D eigenvalue weighted by molar-refractivity contribution is -0.159. The fourth-order valence-corrected chi connectivity index (χ4v) is 0.376. The van der Waals surface area contributed by atoms with Crippen LogP contribution in [0.15, 0.2) is 10.6 Å². The van der Waals surface area contributed by atoms with E-state index in [4.69, 9.17) is 5.26 Å². The van der Waals surface area contributed by atoms with Gasteiger partial charge in [0.15, 0.2) is 0 Å². The maximum absolute atomic E-state index is 7.89. The number of nitrogens with zero attached hydrogens (tertiary/aromatic N) is 1. The third kappa shape index (κ3) is 0.788. The Labute approximate surface area is 45.6 Å². The fraction of sp³-hybridized carbons (Fsp3) is 0.250. The molecule has 4 nitrogen and oxygen atoms in total. The average Bonchev–Trinajstić information content (AvgIpc) is 2.14. The Balaban J connectivity index is 2.84. The minimum absolute atomic E-state index is 0.123. The normalized spacial score (nSPS) is 9.25. The van der Waals surface area contributed by atoms with Gasteiger partial charge in [-0.05, 0) is 6.92 Å². The smallest absolute Gasteiger partial charge is 0.413 e. The topological polar surface area (TPSA) is 55.5 Å². The highest BCUT2D eigenvalue weighted by atomic mass is 17.1. The molecule has 44 valence electrons. The minimum atomic E-state index is -0.123. The van der Waals surface area contributed by atoms with E-state index in [1.807, 2.05) is 0 Å². The van der Waals surface area contributed by atoms with Gasteiger partial charge in [0.05, 0.1) is 6.20 Å². The van der Waals surface area contributed by atoms with Crippen molar-refractivity contribution in [2.75, 3.05) is 0 Å². The molecule has 0 saturated carbocycles. The SMILES string of the molecule is Cc1cnc(OO)o1. The average molecular weight is 115 g/mol. The van der Waals surface area contributed by atoms with Gasteiger partial charge in [-0.1, -0.05) is 0 Å². The molecule has 0 bridgehead atoms. The zero-order valence-electron chi connectivity index (χ0n) is 4.29. The number of rotatable bonds is 1. The molecule has 0 atom stereocenters. The Morgan fingerprint density at radius 2 is 2.62 bits per heavy atom. The van der Waals surface area contributed by atoms with Crippen molar-refractivity contribution < 1.29 is 14.6 Å². The van der Waals surface area contributed by atoms with Crippen molar-refractivity contribution in [2.45, 2.75) is 6.92 Å². The van der Waals surface area contributed by atoms with Crippen molar-refractivity contribution in [1.82, 2.24) is 4.98 Å².